The number of likely N-dealkylation sites (tertiary alicyclic amines) is 1. The van der Waals surface area contributed by atoms with E-state index in [-0.39, 0.29) is 24.3 Å². The predicted molar refractivity (Wildman–Crippen MR) is 66.1 cm³/mol. The molecule has 2 amide bonds. The summed E-state index contributed by atoms with van der Waals surface area (Å²) in [7, 11) is 3.19. The minimum atomic E-state index is -0.418. The van der Waals surface area contributed by atoms with Crippen LogP contribution in [0.15, 0.2) is 0 Å². The Hall–Kier alpha value is -0.980. The van der Waals surface area contributed by atoms with E-state index in [0.717, 1.165) is 6.42 Å². The molecule has 1 aliphatic rings. The molecule has 1 fully saturated rings. The first kappa shape index (κ1) is 15.1. The van der Waals surface area contributed by atoms with E-state index in [4.69, 9.17) is 9.47 Å². The number of methoxy groups -OCH3 is 2. The fourth-order valence-electron chi connectivity index (χ4n) is 1.97. The molecule has 1 heterocycles. The summed E-state index contributed by atoms with van der Waals surface area (Å²) in [6, 6.07) is -0.418. The summed E-state index contributed by atoms with van der Waals surface area (Å²) in [5, 5.41) is 3.07. The van der Waals surface area contributed by atoms with Gasteiger partial charge in [-0.2, -0.15) is 0 Å². The standard InChI is InChI=1S/C12H22N2O4/c1-4-5-14-11(15)6-10(12(14)16)13-7-9(18-3)8-17-2/h9-10,13H,4-8H2,1-3H3. The van der Waals surface area contributed by atoms with Gasteiger partial charge in [-0.1, -0.05) is 6.92 Å². The second-order valence-corrected chi connectivity index (χ2v) is 4.36. The van der Waals surface area contributed by atoms with Crippen LogP contribution in [0.3, 0.4) is 0 Å². The monoisotopic (exact) mass is 258 g/mol. The minimum Gasteiger partial charge on any atom is -0.382 e. The van der Waals surface area contributed by atoms with E-state index >= 15 is 0 Å². The zero-order chi connectivity index (χ0) is 13.5. The zero-order valence-electron chi connectivity index (χ0n) is 11.3. The molecule has 1 rings (SSSR count). The van der Waals surface area contributed by atoms with E-state index < -0.39 is 6.04 Å². The highest BCUT2D eigenvalue weighted by Gasteiger charge is 2.37. The highest BCUT2D eigenvalue weighted by molar-refractivity contribution is 6.05. The van der Waals surface area contributed by atoms with Crippen molar-refractivity contribution in [3.05, 3.63) is 0 Å². The van der Waals surface area contributed by atoms with Crippen molar-refractivity contribution in [2.45, 2.75) is 31.9 Å². The molecule has 104 valence electrons. The van der Waals surface area contributed by atoms with Crippen LogP contribution in [-0.4, -0.2) is 62.8 Å². The van der Waals surface area contributed by atoms with Crippen molar-refractivity contribution in [2.24, 2.45) is 0 Å². The van der Waals surface area contributed by atoms with Gasteiger partial charge in [-0.15, -0.1) is 0 Å². The third-order valence-corrected chi connectivity index (χ3v) is 2.97. The van der Waals surface area contributed by atoms with Crippen LogP contribution in [0.5, 0.6) is 0 Å². The zero-order valence-corrected chi connectivity index (χ0v) is 11.3. The van der Waals surface area contributed by atoms with Crippen molar-refractivity contribution < 1.29 is 19.1 Å². The van der Waals surface area contributed by atoms with Gasteiger partial charge in [-0.25, -0.2) is 0 Å². The molecule has 1 saturated heterocycles. The molecule has 0 radical (unpaired) electrons. The van der Waals surface area contributed by atoms with Gasteiger partial charge >= 0.3 is 0 Å². The summed E-state index contributed by atoms with van der Waals surface area (Å²) in [6.07, 6.45) is 0.912. The van der Waals surface area contributed by atoms with Gasteiger partial charge < -0.3 is 14.8 Å². The summed E-state index contributed by atoms with van der Waals surface area (Å²) in [6.45, 7) is 3.40. The Bertz CT molecular complexity index is 296. The normalized spacial score (nSPS) is 21.7. The number of carbonyl (C=O) groups excluding carboxylic acids is 2. The van der Waals surface area contributed by atoms with E-state index in [0.29, 0.717) is 19.7 Å². The molecule has 0 aliphatic carbocycles. The number of amides is 2. The van der Waals surface area contributed by atoms with E-state index in [2.05, 4.69) is 5.32 Å². The number of hydrogen-bond donors (Lipinski definition) is 1. The van der Waals surface area contributed by atoms with Gasteiger partial charge in [0.25, 0.3) is 0 Å². The topological polar surface area (TPSA) is 67.9 Å². The van der Waals surface area contributed by atoms with Crippen molar-refractivity contribution in [3.63, 3.8) is 0 Å². The Labute approximate surface area is 108 Å². The number of nitrogens with zero attached hydrogens (tertiary/aromatic N) is 1. The lowest BCUT2D eigenvalue weighted by Crippen LogP contribution is -2.43. The summed E-state index contributed by atoms with van der Waals surface area (Å²) >= 11 is 0. The second kappa shape index (κ2) is 7.45. The van der Waals surface area contributed by atoms with Gasteiger partial charge in [-0.3, -0.25) is 14.5 Å². The first-order valence-corrected chi connectivity index (χ1v) is 6.23. The lowest BCUT2D eigenvalue weighted by molar-refractivity contribution is -0.138. The Balaban J connectivity index is 2.44. The minimum absolute atomic E-state index is 0.0972. The van der Waals surface area contributed by atoms with Crippen LogP contribution in [0.25, 0.3) is 0 Å². The molecule has 0 aromatic carbocycles. The van der Waals surface area contributed by atoms with Crippen LogP contribution >= 0.6 is 0 Å². The molecule has 2 atom stereocenters. The average Bonchev–Trinajstić information content (AvgIpc) is 2.62. The first-order chi connectivity index (χ1) is 8.63. The summed E-state index contributed by atoms with van der Waals surface area (Å²) in [4.78, 5) is 24.9. The van der Waals surface area contributed by atoms with Crippen molar-refractivity contribution in [1.82, 2.24) is 10.2 Å². The van der Waals surface area contributed by atoms with Crippen LogP contribution in [0.4, 0.5) is 0 Å². The Kier molecular flexibility index (Phi) is 6.24. The molecule has 0 aromatic rings. The molecule has 2 unspecified atom stereocenters. The Morgan fingerprint density at radius 2 is 2.17 bits per heavy atom. The molecular formula is C12H22N2O4. The lowest BCUT2D eigenvalue weighted by atomic mass is 10.2. The molecule has 18 heavy (non-hydrogen) atoms. The number of ether oxygens (including phenoxy) is 2. The molecule has 6 nitrogen and oxygen atoms in total. The third kappa shape index (κ3) is 3.76. The number of nitrogens with one attached hydrogen (secondary N) is 1. The van der Waals surface area contributed by atoms with Crippen molar-refractivity contribution in [3.8, 4) is 0 Å². The number of hydrogen-bond acceptors (Lipinski definition) is 5. The van der Waals surface area contributed by atoms with E-state index in [1.165, 1.54) is 4.90 Å². The Morgan fingerprint density at radius 1 is 1.44 bits per heavy atom. The molecule has 0 spiro atoms. The highest BCUT2D eigenvalue weighted by atomic mass is 16.5. The molecule has 6 heteroatoms. The van der Waals surface area contributed by atoms with Crippen molar-refractivity contribution in [2.75, 3.05) is 33.9 Å². The number of carbonyl (C=O) groups is 2. The Morgan fingerprint density at radius 3 is 2.72 bits per heavy atom. The van der Waals surface area contributed by atoms with Crippen molar-refractivity contribution >= 4 is 11.8 Å². The SMILES string of the molecule is CCCN1C(=O)CC(NCC(COC)OC)C1=O. The van der Waals surface area contributed by atoms with Crippen LogP contribution in [-0.2, 0) is 19.1 Å². The predicted octanol–water partition coefficient (Wildman–Crippen LogP) is -0.225. The van der Waals surface area contributed by atoms with Gasteiger partial charge in [0.05, 0.1) is 25.2 Å². The maximum Gasteiger partial charge on any atom is 0.246 e. The molecule has 1 aliphatic heterocycles. The average molecular weight is 258 g/mol. The van der Waals surface area contributed by atoms with Crippen LogP contribution in [0, 0.1) is 0 Å². The third-order valence-electron chi connectivity index (χ3n) is 2.97. The van der Waals surface area contributed by atoms with Gasteiger partial charge in [0.2, 0.25) is 11.8 Å². The summed E-state index contributed by atoms with van der Waals surface area (Å²) < 4.78 is 10.2. The largest absolute Gasteiger partial charge is 0.382 e. The molecule has 1 N–H and O–H groups in total. The maximum absolute atomic E-state index is 11.9. The lowest BCUT2D eigenvalue weighted by Gasteiger charge is -2.18. The quantitative estimate of drug-likeness (QED) is 0.609. The first-order valence-electron chi connectivity index (χ1n) is 6.23. The van der Waals surface area contributed by atoms with Gasteiger partial charge in [0, 0.05) is 27.3 Å². The fourth-order valence-corrected chi connectivity index (χ4v) is 1.97. The van der Waals surface area contributed by atoms with E-state index in [1.807, 2.05) is 6.92 Å². The van der Waals surface area contributed by atoms with Crippen LogP contribution < -0.4 is 5.32 Å². The van der Waals surface area contributed by atoms with E-state index in [1.54, 1.807) is 14.2 Å². The molecule has 0 saturated carbocycles. The van der Waals surface area contributed by atoms with Crippen molar-refractivity contribution in [1.29, 1.82) is 0 Å². The van der Waals surface area contributed by atoms with Gasteiger partial charge in [-0.05, 0) is 6.42 Å². The molecule has 0 bridgehead atoms. The smallest absolute Gasteiger partial charge is 0.246 e. The highest BCUT2D eigenvalue weighted by Crippen LogP contribution is 2.13. The van der Waals surface area contributed by atoms with Crippen LogP contribution in [0.1, 0.15) is 19.8 Å². The number of imide groups is 1. The van der Waals surface area contributed by atoms with Crippen LogP contribution in [0.2, 0.25) is 0 Å². The van der Waals surface area contributed by atoms with Gasteiger partial charge in [0.1, 0.15) is 0 Å². The van der Waals surface area contributed by atoms with Gasteiger partial charge in [0.15, 0.2) is 0 Å². The second-order valence-electron chi connectivity index (χ2n) is 4.36. The number of rotatable bonds is 8. The fraction of sp³-hybridized carbons (Fsp3) is 0.833. The molecule has 0 aromatic heterocycles. The van der Waals surface area contributed by atoms with E-state index in [9.17, 15) is 9.59 Å². The summed E-state index contributed by atoms with van der Waals surface area (Å²) in [5.41, 5.74) is 0. The summed E-state index contributed by atoms with van der Waals surface area (Å²) in [5.74, 6) is -0.228. The molecular weight excluding hydrogens is 236 g/mol. The maximum atomic E-state index is 11.9.